The highest BCUT2D eigenvalue weighted by Gasteiger charge is 2.57. The third kappa shape index (κ3) is 5.58. The molecule has 2 heterocycles. The first-order chi connectivity index (χ1) is 16.9. The normalized spacial score (nSPS) is 16.4. The molecule has 4 rings (SSSR count). The monoisotopic (exact) mass is 512 g/mol. The summed E-state index contributed by atoms with van der Waals surface area (Å²) in [7, 11) is 2.90. The fraction of sp³-hybridized carbons (Fsp3) is 0.458. The maximum Gasteiger partial charge on any atom is 0.433 e. The zero-order valence-electron chi connectivity index (χ0n) is 19.9. The third-order valence-corrected chi connectivity index (χ3v) is 5.92. The number of rotatable bonds is 9. The lowest BCUT2D eigenvalue weighted by Gasteiger charge is -2.46. The van der Waals surface area contributed by atoms with Gasteiger partial charge in [0.15, 0.2) is 11.5 Å². The zero-order chi connectivity index (χ0) is 26.1. The highest BCUT2D eigenvalue weighted by Crippen LogP contribution is 2.52. The van der Waals surface area contributed by atoms with Gasteiger partial charge in [0.1, 0.15) is 17.3 Å². The third-order valence-electron chi connectivity index (χ3n) is 5.92. The molecule has 3 aromatic rings. The minimum Gasteiger partial charge on any atom is -0.493 e. The van der Waals surface area contributed by atoms with Crippen LogP contribution in [0.2, 0.25) is 0 Å². The maximum absolute atomic E-state index is 13.6. The van der Waals surface area contributed by atoms with E-state index in [4.69, 9.17) is 14.2 Å². The Hall–Kier alpha value is -3.28. The Balaban J connectivity index is 1.61. The number of fused-ring (bicyclic) bond motifs is 1. The molecule has 0 amide bonds. The van der Waals surface area contributed by atoms with Gasteiger partial charge in [0.25, 0.3) is 0 Å². The topological polar surface area (TPSA) is 78.4 Å². The molecule has 1 aliphatic carbocycles. The van der Waals surface area contributed by atoms with Crippen molar-refractivity contribution >= 4 is 16.7 Å². The summed E-state index contributed by atoms with van der Waals surface area (Å²) in [5.41, 5.74) is -0.931. The van der Waals surface area contributed by atoms with Crippen molar-refractivity contribution in [2.45, 2.75) is 38.4 Å². The highest BCUT2D eigenvalue weighted by atomic mass is 19.4. The molecule has 1 aliphatic rings. The van der Waals surface area contributed by atoms with Crippen LogP contribution >= 0.6 is 0 Å². The van der Waals surface area contributed by atoms with E-state index < -0.39 is 23.2 Å². The molecule has 0 bridgehead atoms. The van der Waals surface area contributed by atoms with Crippen molar-refractivity contribution in [2.75, 3.05) is 32.8 Å². The van der Waals surface area contributed by atoms with E-state index in [0.29, 0.717) is 39.6 Å². The molecule has 0 unspecified atom stereocenters. The number of halogens is 5. The van der Waals surface area contributed by atoms with Gasteiger partial charge in [0.2, 0.25) is 5.92 Å². The molecule has 1 saturated carbocycles. The van der Waals surface area contributed by atoms with Crippen molar-refractivity contribution in [3.63, 3.8) is 0 Å². The van der Waals surface area contributed by atoms with E-state index in [2.05, 4.69) is 20.3 Å². The van der Waals surface area contributed by atoms with Gasteiger partial charge in [0.05, 0.1) is 25.8 Å². The maximum atomic E-state index is 13.6. The number of aryl methyl sites for hydroxylation is 1. The molecular weight excluding hydrogens is 487 g/mol. The van der Waals surface area contributed by atoms with Crippen molar-refractivity contribution in [1.82, 2.24) is 15.0 Å². The van der Waals surface area contributed by atoms with Crippen molar-refractivity contribution in [3.8, 4) is 11.5 Å². The Kier molecular flexibility index (Phi) is 6.91. The fourth-order valence-electron chi connectivity index (χ4n) is 4.41. The first kappa shape index (κ1) is 25.8. The molecule has 0 saturated heterocycles. The van der Waals surface area contributed by atoms with Crippen molar-refractivity contribution < 1.29 is 36.2 Å². The first-order valence-electron chi connectivity index (χ1n) is 11.1. The summed E-state index contributed by atoms with van der Waals surface area (Å²) in [4.78, 5) is 12.2. The largest absolute Gasteiger partial charge is 0.493 e. The molecule has 1 fully saturated rings. The van der Waals surface area contributed by atoms with Crippen LogP contribution in [-0.2, 0) is 17.5 Å². The number of hydrogen-bond acceptors (Lipinski definition) is 7. The van der Waals surface area contributed by atoms with Gasteiger partial charge in [-0.05, 0) is 30.7 Å². The number of alkyl halides is 5. The number of nitrogens with zero attached hydrogens (tertiary/aromatic N) is 3. The van der Waals surface area contributed by atoms with Gasteiger partial charge < -0.3 is 19.5 Å². The van der Waals surface area contributed by atoms with Crippen molar-refractivity contribution in [1.29, 1.82) is 0 Å². The van der Waals surface area contributed by atoms with Gasteiger partial charge in [-0.15, -0.1) is 0 Å². The molecule has 0 atom stereocenters. The number of aromatic nitrogens is 3. The molecule has 36 heavy (non-hydrogen) atoms. The number of ether oxygens (including phenoxy) is 3. The molecule has 1 aromatic carbocycles. The second-order valence-electron chi connectivity index (χ2n) is 8.97. The van der Waals surface area contributed by atoms with Crippen molar-refractivity contribution in [3.05, 3.63) is 47.5 Å². The number of nitrogens with one attached hydrogen (secondary N) is 1. The fourth-order valence-corrected chi connectivity index (χ4v) is 4.41. The van der Waals surface area contributed by atoms with E-state index in [1.54, 1.807) is 19.1 Å². The SMILES string of the molecule is COCC1(COc2cc3c(NCc4ccnc(C(F)(F)F)c4)nc(C)nc3cc2OC)CC(F)(F)C1. The predicted molar refractivity (Wildman–Crippen MR) is 121 cm³/mol. The van der Waals surface area contributed by atoms with E-state index in [1.165, 1.54) is 20.3 Å². The molecule has 0 radical (unpaired) electrons. The molecule has 12 heteroatoms. The van der Waals surface area contributed by atoms with Crippen LogP contribution in [0, 0.1) is 12.3 Å². The van der Waals surface area contributed by atoms with E-state index in [-0.39, 0.29) is 32.6 Å². The van der Waals surface area contributed by atoms with Gasteiger partial charge >= 0.3 is 6.18 Å². The Labute approximate surface area is 204 Å². The van der Waals surface area contributed by atoms with Crippen LogP contribution in [0.1, 0.15) is 29.9 Å². The number of benzene rings is 1. The average molecular weight is 512 g/mol. The second-order valence-corrected chi connectivity index (χ2v) is 8.97. The standard InChI is InChI=1S/C24H25F5N4O3/c1-14-32-17-8-18(35-3)19(36-13-22(12-34-2)10-23(25,26)11-22)7-16(17)21(33-14)31-9-15-4-5-30-20(6-15)24(27,28)29/h4-8H,9-13H2,1-3H3,(H,31,32,33). The highest BCUT2D eigenvalue weighted by molar-refractivity contribution is 5.91. The number of methoxy groups -OCH3 is 2. The summed E-state index contributed by atoms with van der Waals surface area (Å²) in [6.07, 6.45) is -4.14. The summed E-state index contributed by atoms with van der Waals surface area (Å²) < 4.78 is 82.8. The summed E-state index contributed by atoms with van der Waals surface area (Å²) in [5.74, 6) is -1.29. The quantitative estimate of drug-likeness (QED) is 0.384. The summed E-state index contributed by atoms with van der Waals surface area (Å²) in [6.45, 7) is 1.84. The summed E-state index contributed by atoms with van der Waals surface area (Å²) >= 11 is 0. The van der Waals surface area contributed by atoms with E-state index >= 15 is 0 Å². The van der Waals surface area contributed by atoms with Gasteiger partial charge in [-0.2, -0.15) is 13.2 Å². The number of hydrogen-bond donors (Lipinski definition) is 1. The van der Waals surface area contributed by atoms with Crippen LogP contribution in [0.5, 0.6) is 11.5 Å². The molecule has 7 nitrogen and oxygen atoms in total. The molecule has 2 aromatic heterocycles. The Morgan fingerprint density at radius 2 is 1.78 bits per heavy atom. The summed E-state index contributed by atoms with van der Waals surface area (Å²) in [5, 5.41) is 3.58. The zero-order valence-corrected chi connectivity index (χ0v) is 19.9. The minimum absolute atomic E-state index is 0.00892. The van der Waals surface area contributed by atoms with Gasteiger partial charge in [-0.25, -0.2) is 18.7 Å². The smallest absolute Gasteiger partial charge is 0.433 e. The summed E-state index contributed by atoms with van der Waals surface area (Å²) in [6, 6.07) is 5.70. The first-order valence-corrected chi connectivity index (χ1v) is 11.1. The lowest BCUT2D eigenvalue weighted by molar-refractivity contribution is -0.190. The average Bonchev–Trinajstić information content (AvgIpc) is 2.79. The van der Waals surface area contributed by atoms with Crippen LogP contribution in [0.15, 0.2) is 30.5 Å². The molecule has 1 N–H and O–H groups in total. The number of pyridine rings is 1. The van der Waals surface area contributed by atoms with Gasteiger partial charge in [-0.3, -0.25) is 4.98 Å². The lowest BCUT2D eigenvalue weighted by atomic mass is 9.67. The van der Waals surface area contributed by atoms with Crippen LogP contribution < -0.4 is 14.8 Å². The Morgan fingerprint density at radius 3 is 2.42 bits per heavy atom. The van der Waals surface area contributed by atoms with Crippen LogP contribution in [0.3, 0.4) is 0 Å². The Morgan fingerprint density at radius 1 is 1.03 bits per heavy atom. The van der Waals surface area contributed by atoms with Crippen molar-refractivity contribution in [2.24, 2.45) is 5.41 Å². The number of anilines is 1. The lowest BCUT2D eigenvalue weighted by Crippen LogP contribution is -2.52. The van der Waals surface area contributed by atoms with Crippen LogP contribution in [-0.4, -0.2) is 48.3 Å². The van der Waals surface area contributed by atoms with Crippen LogP contribution in [0.25, 0.3) is 10.9 Å². The molecular formula is C24H25F5N4O3. The minimum atomic E-state index is -4.55. The van der Waals surface area contributed by atoms with E-state index in [1.807, 2.05) is 0 Å². The predicted octanol–water partition coefficient (Wildman–Crippen LogP) is 5.41. The van der Waals surface area contributed by atoms with Crippen LogP contribution in [0.4, 0.5) is 27.8 Å². The molecule has 194 valence electrons. The molecule has 0 aliphatic heterocycles. The second kappa shape index (κ2) is 9.64. The van der Waals surface area contributed by atoms with Gasteiger partial charge in [0, 0.05) is 49.6 Å². The van der Waals surface area contributed by atoms with Gasteiger partial charge in [-0.1, -0.05) is 0 Å². The van der Waals surface area contributed by atoms with E-state index in [0.717, 1.165) is 12.3 Å². The molecule has 0 spiro atoms. The Bertz CT molecular complexity index is 1240. The van der Waals surface area contributed by atoms with E-state index in [9.17, 15) is 22.0 Å².